The molecule has 0 aliphatic heterocycles. The van der Waals surface area contributed by atoms with Crippen molar-refractivity contribution < 1.29 is 19.4 Å². The Morgan fingerprint density at radius 2 is 1.94 bits per heavy atom. The fourth-order valence-electron chi connectivity index (χ4n) is 1.20. The van der Waals surface area contributed by atoms with Gasteiger partial charge in [0.15, 0.2) is 0 Å². The summed E-state index contributed by atoms with van der Waals surface area (Å²) in [5.41, 5.74) is 0. The Bertz CT molecular complexity index is 228. The van der Waals surface area contributed by atoms with Gasteiger partial charge in [-0.25, -0.2) is 9.59 Å². The highest BCUT2D eigenvalue weighted by Crippen LogP contribution is 2.02. The predicted molar refractivity (Wildman–Crippen MR) is 60.3 cm³/mol. The lowest BCUT2D eigenvalue weighted by Crippen LogP contribution is -2.44. The summed E-state index contributed by atoms with van der Waals surface area (Å²) in [6.45, 7) is 5.86. The standard InChI is InChI=1S/C11H21NO4/c1-4-5-6-7-16-11(15)12-9(8(2)3)10(13)14/h8-9H,4-7H2,1-3H3,(H,12,15)(H,13,14)/t9-/m1/s1. The number of nitrogens with one attached hydrogen (secondary N) is 1. The van der Waals surface area contributed by atoms with Crippen molar-refractivity contribution in [1.82, 2.24) is 5.32 Å². The normalized spacial score (nSPS) is 12.2. The van der Waals surface area contributed by atoms with Gasteiger partial charge >= 0.3 is 12.1 Å². The van der Waals surface area contributed by atoms with Gasteiger partial charge < -0.3 is 15.2 Å². The summed E-state index contributed by atoms with van der Waals surface area (Å²) in [5.74, 6) is -1.21. The maximum atomic E-state index is 11.2. The molecule has 1 amide bonds. The third-order valence-corrected chi connectivity index (χ3v) is 2.19. The van der Waals surface area contributed by atoms with Crippen molar-refractivity contribution in [2.45, 2.75) is 46.1 Å². The second-order valence-corrected chi connectivity index (χ2v) is 4.05. The number of amides is 1. The first-order valence-electron chi connectivity index (χ1n) is 5.65. The minimum absolute atomic E-state index is 0.166. The number of hydrogen-bond acceptors (Lipinski definition) is 3. The maximum absolute atomic E-state index is 11.2. The van der Waals surface area contributed by atoms with E-state index in [9.17, 15) is 9.59 Å². The fourth-order valence-corrected chi connectivity index (χ4v) is 1.20. The molecule has 0 aromatic heterocycles. The number of carboxylic acids is 1. The molecule has 0 saturated heterocycles. The third-order valence-electron chi connectivity index (χ3n) is 2.19. The van der Waals surface area contributed by atoms with Crippen LogP contribution in [0.15, 0.2) is 0 Å². The van der Waals surface area contributed by atoms with Crippen LogP contribution in [0.3, 0.4) is 0 Å². The van der Waals surface area contributed by atoms with E-state index in [0.29, 0.717) is 6.61 Å². The number of alkyl carbamates (subject to hydrolysis) is 1. The van der Waals surface area contributed by atoms with E-state index in [4.69, 9.17) is 9.84 Å². The fraction of sp³-hybridized carbons (Fsp3) is 0.818. The summed E-state index contributed by atoms with van der Waals surface area (Å²) in [5, 5.41) is 11.2. The van der Waals surface area contributed by atoms with Gasteiger partial charge in [0.25, 0.3) is 0 Å². The Morgan fingerprint density at radius 1 is 1.31 bits per heavy atom. The van der Waals surface area contributed by atoms with Gasteiger partial charge in [0.05, 0.1) is 6.61 Å². The Morgan fingerprint density at radius 3 is 2.38 bits per heavy atom. The van der Waals surface area contributed by atoms with Gasteiger partial charge in [-0.15, -0.1) is 0 Å². The zero-order chi connectivity index (χ0) is 12.6. The van der Waals surface area contributed by atoms with Crippen molar-refractivity contribution in [3.8, 4) is 0 Å². The summed E-state index contributed by atoms with van der Waals surface area (Å²) in [6, 6.07) is -0.890. The van der Waals surface area contributed by atoms with Gasteiger partial charge in [-0.1, -0.05) is 33.6 Å². The predicted octanol–water partition coefficient (Wildman–Crippen LogP) is 2.01. The lowest BCUT2D eigenvalue weighted by Gasteiger charge is -2.17. The highest BCUT2D eigenvalue weighted by molar-refractivity contribution is 5.80. The minimum atomic E-state index is -1.04. The second kappa shape index (κ2) is 7.96. The van der Waals surface area contributed by atoms with Gasteiger partial charge in [0.1, 0.15) is 6.04 Å². The molecule has 0 bridgehead atoms. The van der Waals surface area contributed by atoms with Crippen LogP contribution in [0.4, 0.5) is 4.79 Å². The first-order chi connectivity index (χ1) is 7.49. The molecular formula is C11H21NO4. The van der Waals surface area contributed by atoms with E-state index in [-0.39, 0.29) is 5.92 Å². The lowest BCUT2D eigenvalue weighted by atomic mass is 10.1. The largest absolute Gasteiger partial charge is 0.480 e. The summed E-state index contributed by atoms with van der Waals surface area (Å²) >= 11 is 0. The van der Waals surface area contributed by atoms with Crippen LogP contribution in [0.25, 0.3) is 0 Å². The molecule has 0 heterocycles. The van der Waals surface area contributed by atoms with E-state index in [0.717, 1.165) is 19.3 Å². The molecule has 0 aliphatic rings. The van der Waals surface area contributed by atoms with E-state index < -0.39 is 18.1 Å². The molecule has 94 valence electrons. The van der Waals surface area contributed by atoms with Crippen molar-refractivity contribution in [3.05, 3.63) is 0 Å². The van der Waals surface area contributed by atoms with Crippen LogP contribution in [0.1, 0.15) is 40.0 Å². The zero-order valence-corrected chi connectivity index (χ0v) is 10.2. The molecule has 0 fully saturated rings. The topological polar surface area (TPSA) is 75.6 Å². The molecule has 0 saturated carbocycles. The summed E-state index contributed by atoms with van der Waals surface area (Å²) in [6.07, 6.45) is 2.20. The number of unbranched alkanes of at least 4 members (excludes halogenated alkanes) is 2. The minimum Gasteiger partial charge on any atom is -0.480 e. The average Bonchev–Trinajstić information content (AvgIpc) is 2.20. The van der Waals surface area contributed by atoms with E-state index in [1.165, 1.54) is 0 Å². The zero-order valence-electron chi connectivity index (χ0n) is 10.2. The molecule has 0 unspecified atom stereocenters. The Labute approximate surface area is 96.2 Å². The summed E-state index contributed by atoms with van der Waals surface area (Å²) in [4.78, 5) is 22.0. The van der Waals surface area contributed by atoms with Gasteiger partial charge in [-0.2, -0.15) is 0 Å². The van der Waals surface area contributed by atoms with Crippen LogP contribution in [0, 0.1) is 5.92 Å². The van der Waals surface area contributed by atoms with Crippen LogP contribution in [-0.4, -0.2) is 29.8 Å². The molecular weight excluding hydrogens is 210 g/mol. The molecule has 0 spiro atoms. The van der Waals surface area contributed by atoms with Crippen LogP contribution < -0.4 is 5.32 Å². The van der Waals surface area contributed by atoms with Crippen molar-refractivity contribution >= 4 is 12.1 Å². The van der Waals surface area contributed by atoms with Crippen LogP contribution in [0.2, 0.25) is 0 Å². The number of rotatable bonds is 7. The second-order valence-electron chi connectivity index (χ2n) is 4.05. The molecule has 0 aliphatic carbocycles. The number of carboxylic acid groups (broad SMARTS) is 1. The van der Waals surface area contributed by atoms with Gasteiger partial charge in [0, 0.05) is 0 Å². The molecule has 0 radical (unpaired) electrons. The first-order valence-corrected chi connectivity index (χ1v) is 5.65. The average molecular weight is 231 g/mol. The monoisotopic (exact) mass is 231 g/mol. The maximum Gasteiger partial charge on any atom is 0.407 e. The smallest absolute Gasteiger partial charge is 0.407 e. The van der Waals surface area contributed by atoms with E-state index in [1.54, 1.807) is 13.8 Å². The molecule has 5 heteroatoms. The van der Waals surface area contributed by atoms with Gasteiger partial charge in [-0.05, 0) is 12.3 Å². The number of carbonyl (C=O) groups is 2. The third kappa shape index (κ3) is 6.27. The number of aliphatic carboxylic acids is 1. The molecule has 0 aromatic rings. The van der Waals surface area contributed by atoms with E-state index >= 15 is 0 Å². The Kier molecular flexibility index (Phi) is 7.33. The Balaban J connectivity index is 3.87. The lowest BCUT2D eigenvalue weighted by molar-refractivity contribution is -0.140. The van der Waals surface area contributed by atoms with E-state index in [1.807, 2.05) is 0 Å². The van der Waals surface area contributed by atoms with Crippen molar-refractivity contribution in [2.75, 3.05) is 6.61 Å². The van der Waals surface area contributed by atoms with Crippen LogP contribution in [0.5, 0.6) is 0 Å². The molecule has 1 atom stereocenters. The highest BCUT2D eigenvalue weighted by Gasteiger charge is 2.23. The molecule has 16 heavy (non-hydrogen) atoms. The molecule has 2 N–H and O–H groups in total. The molecule has 0 rings (SSSR count). The van der Waals surface area contributed by atoms with Crippen LogP contribution >= 0.6 is 0 Å². The number of ether oxygens (including phenoxy) is 1. The van der Waals surface area contributed by atoms with Gasteiger partial charge in [0.2, 0.25) is 0 Å². The quantitative estimate of drug-likeness (QED) is 0.657. The van der Waals surface area contributed by atoms with Crippen molar-refractivity contribution in [3.63, 3.8) is 0 Å². The van der Waals surface area contributed by atoms with Crippen molar-refractivity contribution in [2.24, 2.45) is 5.92 Å². The molecule has 0 aromatic carbocycles. The highest BCUT2D eigenvalue weighted by atomic mass is 16.5. The number of carbonyl (C=O) groups excluding carboxylic acids is 1. The Hall–Kier alpha value is -1.26. The van der Waals surface area contributed by atoms with E-state index in [2.05, 4.69) is 12.2 Å². The summed E-state index contributed by atoms with van der Waals surface area (Å²) < 4.78 is 4.86. The number of hydrogen-bond donors (Lipinski definition) is 2. The SMILES string of the molecule is CCCCCOC(=O)N[C@@H](C(=O)O)C(C)C. The first kappa shape index (κ1) is 14.7. The molecule has 5 nitrogen and oxygen atoms in total. The van der Waals surface area contributed by atoms with Crippen molar-refractivity contribution in [1.29, 1.82) is 0 Å². The van der Waals surface area contributed by atoms with Gasteiger partial charge in [-0.3, -0.25) is 0 Å². The van der Waals surface area contributed by atoms with Crippen LogP contribution in [-0.2, 0) is 9.53 Å². The summed E-state index contributed by atoms with van der Waals surface area (Å²) in [7, 11) is 0.